The van der Waals surface area contributed by atoms with E-state index in [4.69, 9.17) is 116 Å². The number of rotatable bonds is 13. The first-order chi connectivity index (χ1) is 13.2. The van der Waals surface area contributed by atoms with Gasteiger partial charge < -0.3 is 37.3 Å². The molecule has 0 unspecified atom stereocenters. The summed E-state index contributed by atoms with van der Waals surface area (Å²) in [6, 6.07) is 0. The van der Waals surface area contributed by atoms with Gasteiger partial charge in [0.1, 0.15) is 0 Å². The van der Waals surface area contributed by atoms with Crippen molar-refractivity contribution >= 4 is 206 Å². The maximum absolute atomic E-state index is 6.01. The van der Waals surface area contributed by atoms with E-state index in [1.165, 1.54) is 7.06 Å². The van der Waals surface area contributed by atoms with Crippen molar-refractivity contribution in [2.45, 2.75) is 0 Å². The maximum atomic E-state index is 6.01. The molecule has 0 aliphatic carbocycles. The Morgan fingerprint density at radius 3 is 0.931 bits per heavy atom. The molecular weight excluding hydrogens is 314 g/mol. The maximum Gasteiger partial charge on any atom is -0.000000000184 e. The summed E-state index contributed by atoms with van der Waals surface area (Å²) in [5.74, 6) is 0. The smallest absolute Gasteiger partial charge is 0.000000000184 e. The van der Waals surface area contributed by atoms with Gasteiger partial charge in [-0.1, -0.05) is 0 Å². The highest BCUT2D eigenvalue weighted by atomic mass is 13.3. The van der Waals surface area contributed by atoms with Gasteiger partial charge in [0.15, 0.2) is 0 Å². The molecule has 0 fully saturated rings. The van der Waals surface area contributed by atoms with E-state index in [-0.39, 0.29) is 0 Å². The van der Waals surface area contributed by atoms with Crippen LogP contribution in [0, 0.1) is 0 Å². The largest absolute Gasteiger partial charge is 0.729 e. The second-order valence-corrected chi connectivity index (χ2v) is 7.70. The van der Waals surface area contributed by atoms with Crippen LogP contribution in [-0.2, 0) is 0 Å². The molecule has 0 saturated heterocycles. The number of hydrogen-bond acceptors (Lipinski definition) is 0. The van der Waals surface area contributed by atoms with E-state index in [9.17, 15) is 0 Å². The van der Waals surface area contributed by atoms with Crippen molar-refractivity contribution in [1.29, 1.82) is 0 Å². The summed E-state index contributed by atoms with van der Waals surface area (Å²) >= 11 is 0. The zero-order valence-corrected chi connectivity index (χ0v) is 16.7. The summed E-state index contributed by atoms with van der Waals surface area (Å²) in [6.45, 7) is 0. The van der Waals surface area contributed by atoms with Crippen LogP contribution < -0.4 is 0 Å². The zero-order valence-electron chi connectivity index (χ0n) is 16.7. The predicted molar refractivity (Wildman–Crippen MR) is 167 cm³/mol. The summed E-state index contributed by atoms with van der Waals surface area (Å²) < 4.78 is 0. The van der Waals surface area contributed by atoms with Crippen molar-refractivity contribution in [2.75, 3.05) is 0 Å². The van der Waals surface area contributed by atoms with E-state index < -0.39 is 83.0 Å². The zero-order chi connectivity index (χ0) is 23.2. The highest BCUT2D eigenvalue weighted by Crippen LogP contribution is 2.13. The quantitative estimate of drug-likeness (QED) is 0.296. The third kappa shape index (κ3) is 8.63. The Bertz CT molecular complexity index is 368. The van der Waals surface area contributed by atoms with Gasteiger partial charge in [-0.3, -0.25) is 7.06 Å². The molecule has 0 atom stereocenters. The van der Waals surface area contributed by atoms with Crippen LogP contribution >= 0.6 is 0 Å². The minimum Gasteiger partial charge on any atom is -0.729 e. The highest BCUT2D eigenvalue weighted by Gasteiger charge is 2.48. The van der Waals surface area contributed by atoms with Crippen molar-refractivity contribution in [1.82, 2.24) is 0 Å². The molecule has 0 amide bonds. The van der Waals surface area contributed by atoms with Crippen molar-refractivity contribution < 1.29 is 0 Å². The molecule has 0 spiro atoms. The average molecular weight is 314 g/mol. The lowest BCUT2D eigenvalue weighted by molar-refractivity contribution is 3.26. The third-order valence-corrected chi connectivity index (χ3v) is 5.56. The first kappa shape index (κ1) is 30.9. The topological polar surface area (TPSA) is 0 Å². The molecule has 91 valence electrons. The summed E-state index contributed by atoms with van der Waals surface area (Å²) in [5, 5.41) is 0. The SMILES string of the molecule is [B]B([B])B(B([B])[B])B(B(B([B])[B])B([B])[B])B(B([B][B-])B([B-])[B-])B(B([B])[B])B([B])[B-]. The van der Waals surface area contributed by atoms with Crippen LogP contribution in [0.5, 0.6) is 0 Å². The molecule has 0 aromatic rings. The molecule has 0 N–H and O–H groups in total. The highest BCUT2D eigenvalue weighted by molar-refractivity contribution is 8.26. The molecule has 0 aromatic heterocycles. The molecule has 0 rings (SSSR count). The lowest BCUT2D eigenvalue weighted by Crippen LogP contribution is -2.87. The van der Waals surface area contributed by atoms with Gasteiger partial charge in [0.05, 0.1) is 0 Å². The molecule has 0 aliphatic rings. The summed E-state index contributed by atoms with van der Waals surface area (Å²) in [7, 11) is 91.2. The van der Waals surface area contributed by atoms with Gasteiger partial charge in [-0.2, -0.15) is 0 Å². The van der Waals surface area contributed by atoms with Gasteiger partial charge in [-0.05, 0) is 149 Å². The second-order valence-electron chi connectivity index (χ2n) is 7.70. The molecule has 0 heterocycles. The fourth-order valence-corrected chi connectivity index (χ4v) is 4.36. The van der Waals surface area contributed by atoms with E-state index in [0.29, 0.717) is 0 Å². The molecule has 0 aromatic carbocycles. The van der Waals surface area contributed by atoms with Crippen LogP contribution in [0.4, 0.5) is 0 Å². The summed E-state index contributed by atoms with van der Waals surface area (Å²) in [4.78, 5) is 0. The van der Waals surface area contributed by atoms with Crippen molar-refractivity contribution in [3.63, 3.8) is 0 Å². The predicted octanol–water partition coefficient (Wildman–Crippen LogP) is -11.0. The molecular formula is B29-4. The van der Waals surface area contributed by atoms with Crippen molar-refractivity contribution in [3.05, 3.63) is 0 Å². The monoisotopic (exact) mass is 319 g/mol. The van der Waals surface area contributed by atoms with Crippen molar-refractivity contribution in [3.8, 4) is 0 Å². The van der Waals surface area contributed by atoms with Crippen LogP contribution in [0.2, 0.25) is 0 Å². The normalized spacial score (nSPS) is 9.52. The Morgan fingerprint density at radius 1 is 0.448 bits per heavy atom. The van der Waals surface area contributed by atoms with Crippen molar-refractivity contribution in [2.24, 2.45) is 0 Å². The Morgan fingerprint density at radius 2 is 0.759 bits per heavy atom. The molecule has 0 bridgehead atoms. The minimum absolute atomic E-state index is 0.741. The Labute approximate surface area is 205 Å². The lowest BCUT2D eigenvalue weighted by atomic mass is 8.32. The van der Waals surface area contributed by atoms with Crippen LogP contribution in [-0.4, -0.2) is 206 Å². The summed E-state index contributed by atoms with van der Waals surface area (Å²) in [5.41, 5.74) is 0. The summed E-state index contributed by atoms with van der Waals surface area (Å²) in [6.07, 6.45) is -11.9. The van der Waals surface area contributed by atoms with Gasteiger partial charge in [-0.25, -0.2) is 6.39 Å². The van der Waals surface area contributed by atoms with Crippen LogP contribution in [0.3, 0.4) is 0 Å². The van der Waals surface area contributed by atoms with E-state index in [1.807, 2.05) is 0 Å². The minimum atomic E-state index is -1.03. The van der Waals surface area contributed by atoms with Gasteiger partial charge in [-0.15, -0.1) is 6.39 Å². The first-order valence-corrected chi connectivity index (χ1v) is 9.33. The van der Waals surface area contributed by atoms with E-state index in [2.05, 4.69) is 0 Å². The Hall–Kier alpha value is 1.88. The lowest BCUT2D eigenvalue weighted by Gasteiger charge is -2.59. The van der Waals surface area contributed by atoms with Gasteiger partial charge in [0.25, 0.3) is 0 Å². The third-order valence-electron chi connectivity index (χ3n) is 5.56. The molecule has 29 heavy (non-hydrogen) atoms. The van der Waals surface area contributed by atoms with Crippen LogP contribution in [0.15, 0.2) is 0 Å². The van der Waals surface area contributed by atoms with Gasteiger partial charge in [0, 0.05) is 0 Å². The number of hydrogen-bond donors (Lipinski definition) is 0. The van der Waals surface area contributed by atoms with Crippen LogP contribution in [0.25, 0.3) is 0 Å². The average Bonchev–Trinajstić information content (AvgIpc) is 2.51. The molecule has 0 saturated carbocycles. The van der Waals surface area contributed by atoms with Gasteiger partial charge >= 0.3 is 0 Å². The Kier molecular flexibility index (Phi) is 15.1. The van der Waals surface area contributed by atoms with Crippen LogP contribution in [0.1, 0.15) is 0 Å². The standard InChI is InChI=1S/B29/c1-16-24(17(2)3)28(25(18(4)5)19(6)7)29(26(20(8)9)21(10)11)27(22(12)13)23(14)15/q-4. The molecule has 0 aliphatic heterocycles. The second kappa shape index (κ2) is 14.2. The fourth-order valence-electron chi connectivity index (χ4n) is 4.36. The van der Waals surface area contributed by atoms with Gasteiger partial charge in [0.2, 0.25) is 0 Å². The van der Waals surface area contributed by atoms with E-state index in [0.717, 1.165) is 0 Å². The first-order valence-electron chi connectivity index (χ1n) is 9.33. The Balaban J connectivity index is 6.97. The van der Waals surface area contributed by atoms with E-state index in [1.54, 1.807) is 0 Å². The molecule has 35 radical (unpaired) electrons. The molecule has 0 nitrogen and oxygen atoms in total. The fraction of sp³-hybridized carbons (Fsp3) is 0. The van der Waals surface area contributed by atoms with E-state index >= 15 is 0 Å². The molecule has 29 heteroatoms.